The van der Waals surface area contributed by atoms with Gasteiger partial charge in [-0.3, -0.25) is 9.59 Å². The normalized spacial score (nSPS) is 11.7. The van der Waals surface area contributed by atoms with Crippen LogP contribution in [0, 0.1) is 0 Å². The molecule has 0 saturated carbocycles. The molecule has 0 saturated heterocycles. The number of aryl methyl sites for hydroxylation is 1. The third kappa shape index (κ3) is 5.76. The lowest BCUT2D eigenvalue weighted by Crippen LogP contribution is -2.26. The van der Waals surface area contributed by atoms with Gasteiger partial charge in [-0.2, -0.15) is 0 Å². The van der Waals surface area contributed by atoms with Crippen molar-refractivity contribution in [3.8, 4) is 0 Å². The van der Waals surface area contributed by atoms with Crippen molar-refractivity contribution in [2.75, 3.05) is 5.32 Å². The lowest BCUT2D eigenvalue weighted by molar-refractivity contribution is -0.121. The predicted octanol–water partition coefficient (Wildman–Crippen LogP) is 4.76. The van der Waals surface area contributed by atoms with E-state index < -0.39 is 0 Å². The van der Waals surface area contributed by atoms with E-state index in [9.17, 15) is 9.59 Å². The van der Waals surface area contributed by atoms with Crippen molar-refractivity contribution in [3.05, 3.63) is 63.6 Å². The Hall–Kier alpha value is -2.04. The van der Waals surface area contributed by atoms with Crippen LogP contribution in [0.25, 0.3) is 0 Å². The first-order valence-electron chi connectivity index (χ1n) is 7.96. The molecular weight excluding hydrogens is 359 g/mol. The smallest absolute Gasteiger partial charge is 0.221 e. The molecule has 0 radical (unpaired) electrons. The minimum atomic E-state index is -0.170. The lowest BCUT2D eigenvalue weighted by Gasteiger charge is -2.16. The van der Waals surface area contributed by atoms with Gasteiger partial charge in [-0.1, -0.05) is 47.5 Å². The molecule has 25 heavy (non-hydrogen) atoms. The van der Waals surface area contributed by atoms with E-state index in [0.717, 1.165) is 11.1 Å². The Labute approximate surface area is 157 Å². The van der Waals surface area contributed by atoms with Crippen molar-refractivity contribution in [3.63, 3.8) is 0 Å². The molecule has 0 spiro atoms. The van der Waals surface area contributed by atoms with Crippen LogP contribution < -0.4 is 10.6 Å². The molecule has 2 N–H and O–H groups in total. The molecule has 2 aromatic carbocycles. The van der Waals surface area contributed by atoms with E-state index in [0.29, 0.717) is 28.6 Å². The first-order valence-corrected chi connectivity index (χ1v) is 8.72. The van der Waals surface area contributed by atoms with Gasteiger partial charge in [0.1, 0.15) is 0 Å². The highest BCUT2D eigenvalue weighted by Crippen LogP contribution is 2.26. The molecule has 2 aromatic rings. The van der Waals surface area contributed by atoms with Crippen molar-refractivity contribution >= 4 is 40.7 Å². The van der Waals surface area contributed by atoms with Gasteiger partial charge in [0, 0.05) is 19.0 Å². The second kappa shape index (κ2) is 8.88. The van der Waals surface area contributed by atoms with E-state index in [-0.39, 0.29) is 17.9 Å². The van der Waals surface area contributed by atoms with Gasteiger partial charge in [0.25, 0.3) is 0 Å². The minimum Gasteiger partial charge on any atom is -0.350 e. The maximum Gasteiger partial charge on any atom is 0.221 e. The van der Waals surface area contributed by atoms with Crippen molar-refractivity contribution < 1.29 is 9.59 Å². The van der Waals surface area contributed by atoms with E-state index in [1.807, 2.05) is 37.3 Å². The Bertz CT molecular complexity index is 778. The zero-order valence-corrected chi connectivity index (χ0v) is 15.6. The SMILES string of the molecule is CC(=O)Nc1cccc(C(C)NC(=O)CCc2cccc(Cl)c2Cl)c1. The van der Waals surface area contributed by atoms with Crippen LogP contribution in [0.2, 0.25) is 10.0 Å². The molecule has 2 rings (SSSR count). The quantitative estimate of drug-likeness (QED) is 0.760. The predicted molar refractivity (Wildman–Crippen MR) is 102 cm³/mol. The zero-order valence-electron chi connectivity index (χ0n) is 14.1. The third-order valence-corrected chi connectivity index (χ3v) is 4.60. The first-order chi connectivity index (χ1) is 11.9. The summed E-state index contributed by atoms with van der Waals surface area (Å²) in [5.74, 6) is -0.208. The molecule has 1 atom stereocenters. The van der Waals surface area contributed by atoms with Crippen molar-refractivity contribution in [2.24, 2.45) is 0 Å². The van der Waals surface area contributed by atoms with Crippen LogP contribution in [0.3, 0.4) is 0 Å². The molecule has 0 aliphatic heterocycles. The van der Waals surface area contributed by atoms with Crippen molar-refractivity contribution in [1.29, 1.82) is 0 Å². The fourth-order valence-corrected chi connectivity index (χ4v) is 2.89. The average Bonchev–Trinajstić information content (AvgIpc) is 2.56. The second-order valence-electron chi connectivity index (χ2n) is 5.81. The van der Waals surface area contributed by atoms with E-state index in [2.05, 4.69) is 10.6 Å². The molecule has 4 nitrogen and oxygen atoms in total. The van der Waals surface area contributed by atoms with Crippen molar-refractivity contribution in [1.82, 2.24) is 5.32 Å². The van der Waals surface area contributed by atoms with Crippen LogP contribution in [0.15, 0.2) is 42.5 Å². The van der Waals surface area contributed by atoms with E-state index in [4.69, 9.17) is 23.2 Å². The first kappa shape index (κ1) is 19.3. The van der Waals surface area contributed by atoms with E-state index in [1.165, 1.54) is 6.92 Å². The van der Waals surface area contributed by atoms with Gasteiger partial charge >= 0.3 is 0 Å². The highest BCUT2D eigenvalue weighted by atomic mass is 35.5. The number of benzene rings is 2. The number of nitrogens with one attached hydrogen (secondary N) is 2. The Balaban J connectivity index is 1.93. The van der Waals surface area contributed by atoms with Crippen LogP contribution >= 0.6 is 23.2 Å². The number of halogens is 2. The second-order valence-corrected chi connectivity index (χ2v) is 6.59. The summed E-state index contributed by atoms with van der Waals surface area (Å²) in [6.45, 7) is 3.36. The monoisotopic (exact) mass is 378 g/mol. The van der Waals surface area contributed by atoms with Gasteiger partial charge in [0.2, 0.25) is 11.8 Å². The molecule has 0 heterocycles. The highest BCUT2D eigenvalue weighted by molar-refractivity contribution is 6.42. The van der Waals surface area contributed by atoms with Crippen LogP contribution in [-0.4, -0.2) is 11.8 Å². The number of rotatable bonds is 6. The molecule has 0 aliphatic carbocycles. The number of carbonyl (C=O) groups excluding carboxylic acids is 2. The molecule has 1 unspecified atom stereocenters. The van der Waals surface area contributed by atoms with Crippen LogP contribution in [-0.2, 0) is 16.0 Å². The molecule has 0 aromatic heterocycles. The maximum atomic E-state index is 12.2. The molecule has 0 bridgehead atoms. The molecule has 6 heteroatoms. The summed E-state index contributed by atoms with van der Waals surface area (Å²) >= 11 is 12.1. The Morgan fingerprint density at radius 2 is 1.84 bits per heavy atom. The summed E-state index contributed by atoms with van der Waals surface area (Å²) in [6, 6.07) is 12.6. The van der Waals surface area contributed by atoms with Gasteiger partial charge in [-0.15, -0.1) is 0 Å². The number of hydrogen-bond donors (Lipinski definition) is 2. The van der Waals surface area contributed by atoms with Crippen LogP contribution in [0.5, 0.6) is 0 Å². The molecular formula is C19H20Cl2N2O2. The molecule has 0 fully saturated rings. The number of amides is 2. The average molecular weight is 379 g/mol. The van der Waals surface area contributed by atoms with Gasteiger partial charge in [-0.25, -0.2) is 0 Å². The van der Waals surface area contributed by atoms with Crippen molar-refractivity contribution in [2.45, 2.75) is 32.7 Å². The summed E-state index contributed by atoms with van der Waals surface area (Å²) in [4.78, 5) is 23.3. The van der Waals surface area contributed by atoms with Crippen LogP contribution in [0.1, 0.15) is 37.4 Å². The molecule has 132 valence electrons. The summed E-state index contributed by atoms with van der Waals surface area (Å²) in [5, 5.41) is 6.67. The fraction of sp³-hybridized carbons (Fsp3) is 0.263. The van der Waals surface area contributed by atoms with Crippen LogP contribution in [0.4, 0.5) is 5.69 Å². The Kier molecular flexibility index (Phi) is 6.85. The Morgan fingerprint density at radius 3 is 2.56 bits per heavy atom. The lowest BCUT2D eigenvalue weighted by atomic mass is 10.1. The topological polar surface area (TPSA) is 58.2 Å². The van der Waals surface area contributed by atoms with E-state index >= 15 is 0 Å². The zero-order chi connectivity index (χ0) is 18.4. The standard InChI is InChI=1S/C19H20Cl2N2O2/c1-12(15-6-3-7-16(11-15)23-13(2)24)22-18(25)10-9-14-5-4-8-17(20)19(14)21/h3-8,11-12H,9-10H2,1-2H3,(H,22,25)(H,23,24). The number of hydrogen-bond acceptors (Lipinski definition) is 2. The number of anilines is 1. The Morgan fingerprint density at radius 1 is 1.12 bits per heavy atom. The third-order valence-electron chi connectivity index (χ3n) is 3.74. The van der Waals surface area contributed by atoms with Gasteiger partial charge < -0.3 is 10.6 Å². The fourth-order valence-electron chi connectivity index (χ4n) is 2.48. The highest BCUT2D eigenvalue weighted by Gasteiger charge is 2.12. The largest absolute Gasteiger partial charge is 0.350 e. The summed E-state index contributed by atoms with van der Waals surface area (Å²) in [6.07, 6.45) is 0.833. The number of carbonyl (C=O) groups is 2. The molecule has 2 amide bonds. The van der Waals surface area contributed by atoms with E-state index in [1.54, 1.807) is 12.1 Å². The molecule has 0 aliphatic rings. The summed E-state index contributed by atoms with van der Waals surface area (Å²) in [5.41, 5.74) is 2.47. The maximum absolute atomic E-state index is 12.2. The van der Waals surface area contributed by atoms with Gasteiger partial charge in [0.15, 0.2) is 0 Å². The van der Waals surface area contributed by atoms with Gasteiger partial charge in [0.05, 0.1) is 16.1 Å². The summed E-state index contributed by atoms with van der Waals surface area (Å²) < 4.78 is 0. The van der Waals surface area contributed by atoms with Gasteiger partial charge in [-0.05, 0) is 42.7 Å². The summed E-state index contributed by atoms with van der Waals surface area (Å²) in [7, 11) is 0. The minimum absolute atomic E-state index is 0.0755.